The predicted molar refractivity (Wildman–Crippen MR) is 165 cm³/mol. The zero-order valence-electron chi connectivity index (χ0n) is 24.9. The first-order valence-corrected chi connectivity index (χ1v) is 14.4. The van der Waals surface area contributed by atoms with Crippen molar-refractivity contribution in [2.45, 2.75) is 72.6 Å². The van der Waals surface area contributed by atoms with Gasteiger partial charge in [0.05, 0.1) is 18.2 Å². The zero-order valence-corrected chi connectivity index (χ0v) is 25.6. The highest BCUT2D eigenvalue weighted by molar-refractivity contribution is 6.32. The van der Waals surface area contributed by atoms with Crippen LogP contribution in [0.15, 0.2) is 60.7 Å². The number of nitrogens with one attached hydrogen (secondary N) is 1. The molecule has 1 aromatic heterocycles. The second kappa shape index (κ2) is 12.8. The minimum Gasteiger partial charge on any atom is -0.477 e. The fourth-order valence-corrected chi connectivity index (χ4v) is 5.21. The monoisotopic (exact) mass is 574 g/mol. The lowest BCUT2D eigenvalue weighted by Crippen LogP contribution is -2.27. The number of methoxy groups -OCH3 is 1. The van der Waals surface area contributed by atoms with Gasteiger partial charge in [0.1, 0.15) is 5.75 Å². The lowest BCUT2D eigenvalue weighted by Gasteiger charge is -2.17. The fourth-order valence-electron chi connectivity index (χ4n) is 5.05. The molecule has 7 heteroatoms. The number of fused-ring (bicyclic) bond motifs is 1. The number of ether oxygens (including phenoxy) is 2. The molecule has 1 amide bonds. The molecular weight excluding hydrogens is 536 g/mol. The van der Waals surface area contributed by atoms with Crippen molar-refractivity contribution in [3.63, 3.8) is 0 Å². The number of rotatable bonds is 10. The van der Waals surface area contributed by atoms with Gasteiger partial charge in [-0.15, -0.1) is 0 Å². The Hall–Kier alpha value is -3.77. The molecule has 0 aliphatic heterocycles. The normalized spacial score (nSPS) is 12.8. The van der Waals surface area contributed by atoms with Crippen LogP contribution in [-0.2, 0) is 16.1 Å². The standard InChI is InChI=1S/C34H39ClN2O4/c1-8-31(34(39)40-7)41-32-16-24(12-14-29(32)35)19-37-23(6)21(4)28-18-27(13-15-30(28)37)33(38)36-22(5)26-11-9-10-25(17-26)20(2)3/h9-18,20,22,31H,8,19H2,1-7H3,(H,36,38)/t22-,31-/m0/s1. The molecule has 0 spiro atoms. The Morgan fingerprint density at radius 2 is 1.71 bits per heavy atom. The van der Waals surface area contributed by atoms with Gasteiger partial charge in [-0.3, -0.25) is 4.79 Å². The first-order chi connectivity index (χ1) is 19.5. The second-order valence-electron chi connectivity index (χ2n) is 10.9. The van der Waals surface area contributed by atoms with Crippen LogP contribution < -0.4 is 10.1 Å². The molecule has 4 rings (SSSR count). The molecule has 0 bridgehead atoms. The molecule has 0 saturated heterocycles. The van der Waals surface area contributed by atoms with E-state index < -0.39 is 12.1 Å². The molecule has 0 fully saturated rings. The van der Waals surface area contributed by atoms with E-state index in [-0.39, 0.29) is 11.9 Å². The summed E-state index contributed by atoms with van der Waals surface area (Å²) in [6.07, 6.45) is -0.261. The first kappa shape index (κ1) is 30.2. The summed E-state index contributed by atoms with van der Waals surface area (Å²) in [7, 11) is 1.34. The summed E-state index contributed by atoms with van der Waals surface area (Å²) in [5.74, 6) is 0.333. The number of aryl methyl sites for hydroxylation is 1. The number of nitrogens with zero attached hydrogens (tertiary/aromatic N) is 1. The Bertz CT molecular complexity index is 1570. The van der Waals surface area contributed by atoms with Crippen LogP contribution in [0.25, 0.3) is 10.9 Å². The van der Waals surface area contributed by atoms with Gasteiger partial charge < -0.3 is 19.4 Å². The topological polar surface area (TPSA) is 69.6 Å². The van der Waals surface area contributed by atoms with E-state index in [0.29, 0.717) is 35.2 Å². The zero-order chi connectivity index (χ0) is 29.8. The van der Waals surface area contributed by atoms with E-state index in [1.165, 1.54) is 12.7 Å². The Labute approximate surface area is 247 Å². The van der Waals surface area contributed by atoms with E-state index in [1.54, 1.807) is 6.07 Å². The third kappa shape index (κ3) is 6.59. The van der Waals surface area contributed by atoms with Gasteiger partial charge in [0, 0.05) is 28.7 Å². The van der Waals surface area contributed by atoms with Gasteiger partial charge in [0.15, 0.2) is 6.10 Å². The molecule has 0 radical (unpaired) electrons. The van der Waals surface area contributed by atoms with Gasteiger partial charge in [0.25, 0.3) is 5.91 Å². The summed E-state index contributed by atoms with van der Waals surface area (Å²) >= 11 is 6.40. The molecular formula is C34H39ClN2O4. The lowest BCUT2D eigenvalue weighted by molar-refractivity contribution is -0.148. The Morgan fingerprint density at radius 1 is 0.976 bits per heavy atom. The minimum absolute atomic E-state index is 0.102. The van der Waals surface area contributed by atoms with Crippen LogP contribution in [0, 0.1) is 13.8 Å². The highest BCUT2D eigenvalue weighted by atomic mass is 35.5. The maximum absolute atomic E-state index is 13.3. The Morgan fingerprint density at radius 3 is 2.39 bits per heavy atom. The number of aromatic nitrogens is 1. The van der Waals surface area contributed by atoms with Crippen molar-refractivity contribution < 1.29 is 19.1 Å². The van der Waals surface area contributed by atoms with Crippen molar-refractivity contribution in [1.29, 1.82) is 0 Å². The van der Waals surface area contributed by atoms with Gasteiger partial charge in [-0.1, -0.05) is 62.7 Å². The van der Waals surface area contributed by atoms with Gasteiger partial charge in [-0.25, -0.2) is 4.79 Å². The summed E-state index contributed by atoms with van der Waals surface area (Å²) in [4.78, 5) is 25.3. The number of esters is 1. The maximum Gasteiger partial charge on any atom is 0.347 e. The number of hydrogen-bond acceptors (Lipinski definition) is 4. The second-order valence-corrected chi connectivity index (χ2v) is 11.3. The summed E-state index contributed by atoms with van der Waals surface area (Å²) in [6.45, 7) is 12.9. The van der Waals surface area contributed by atoms with Crippen molar-refractivity contribution in [1.82, 2.24) is 9.88 Å². The molecule has 2 atom stereocenters. The van der Waals surface area contributed by atoms with Gasteiger partial charge >= 0.3 is 5.97 Å². The Balaban J connectivity index is 1.57. The van der Waals surface area contributed by atoms with Crippen molar-refractivity contribution in [2.75, 3.05) is 7.11 Å². The Kier molecular flexibility index (Phi) is 9.44. The fraction of sp³-hybridized carbons (Fsp3) is 0.353. The summed E-state index contributed by atoms with van der Waals surface area (Å²) in [6, 6.07) is 19.7. The number of halogens is 1. The molecule has 0 aliphatic carbocycles. The van der Waals surface area contributed by atoms with E-state index in [1.807, 2.05) is 50.2 Å². The van der Waals surface area contributed by atoms with Gasteiger partial charge in [0.2, 0.25) is 0 Å². The van der Waals surface area contributed by atoms with E-state index in [0.717, 1.165) is 33.3 Å². The largest absolute Gasteiger partial charge is 0.477 e. The third-order valence-corrected chi connectivity index (χ3v) is 8.08. The number of benzene rings is 3. The number of amides is 1. The van der Waals surface area contributed by atoms with Crippen LogP contribution in [0.5, 0.6) is 5.75 Å². The van der Waals surface area contributed by atoms with Crippen LogP contribution >= 0.6 is 11.6 Å². The molecule has 6 nitrogen and oxygen atoms in total. The summed E-state index contributed by atoms with van der Waals surface area (Å²) < 4.78 is 13.0. The smallest absolute Gasteiger partial charge is 0.347 e. The van der Waals surface area contributed by atoms with E-state index >= 15 is 0 Å². The number of carbonyl (C=O) groups excluding carboxylic acids is 2. The molecule has 0 saturated carbocycles. The molecule has 4 aromatic rings. The van der Waals surface area contributed by atoms with Crippen LogP contribution in [0.4, 0.5) is 0 Å². The van der Waals surface area contributed by atoms with E-state index in [9.17, 15) is 9.59 Å². The highest BCUT2D eigenvalue weighted by Gasteiger charge is 2.21. The third-order valence-electron chi connectivity index (χ3n) is 7.77. The summed E-state index contributed by atoms with van der Waals surface area (Å²) in [5.41, 5.74) is 7.21. The minimum atomic E-state index is -0.726. The van der Waals surface area contributed by atoms with Crippen molar-refractivity contribution in [3.05, 3.63) is 99.2 Å². The van der Waals surface area contributed by atoms with Crippen LogP contribution in [-0.4, -0.2) is 29.7 Å². The SMILES string of the molecule is CC[C@H](Oc1cc(Cn2c(C)c(C)c3cc(C(=O)N[C@@H](C)c4cccc(C(C)C)c4)ccc32)ccc1Cl)C(=O)OC. The van der Waals surface area contributed by atoms with Crippen LogP contribution in [0.1, 0.15) is 84.4 Å². The molecule has 0 unspecified atom stereocenters. The molecule has 216 valence electrons. The number of hydrogen-bond donors (Lipinski definition) is 1. The molecule has 1 N–H and O–H groups in total. The lowest BCUT2D eigenvalue weighted by atomic mass is 9.98. The average molecular weight is 575 g/mol. The first-order valence-electron chi connectivity index (χ1n) is 14.1. The van der Waals surface area contributed by atoms with E-state index in [4.69, 9.17) is 21.1 Å². The van der Waals surface area contributed by atoms with Gasteiger partial charge in [-0.2, -0.15) is 0 Å². The van der Waals surface area contributed by atoms with Crippen molar-refractivity contribution in [2.24, 2.45) is 0 Å². The molecule has 41 heavy (non-hydrogen) atoms. The van der Waals surface area contributed by atoms with Gasteiger partial charge in [-0.05, 0) is 85.7 Å². The highest BCUT2D eigenvalue weighted by Crippen LogP contribution is 2.31. The molecule has 1 heterocycles. The van der Waals surface area contributed by atoms with E-state index in [2.05, 4.69) is 55.8 Å². The molecule has 3 aromatic carbocycles. The average Bonchev–Trinajstić information content (AvgIpc) is 3.20. The number of carbonyl (C=O) groups is 2. The summed E-state index contributed by atoms with van der Waals surface area (Å²) in [5, 5.41) is 4.63. The van der Waals surface area contributed by atoms with Crippen LogP contribution in [0.3, 0.4) is 0 Å². The quantitative estimate of drug-likeness (QED) is 0.195. The molecule has 0 aliphatic rings. The van der Waals surface area contributed by atoms with Crippen molar-refractivity contribution in [3.8, 4) is 5.75 Å². The maximum atomic E-state index is 13.3. The predicted octanol–water partition coefficient (Wildman–Crippen LogP) is 7.90. The van der Waals surface area contributed by atoms with Crippen LogP contribution in [0.2, 0.25) is 5.02 Å². The van der Waals surface area contributed by atoms with Crippen molar-refractivity contribution >= 4 is 34.4 Å².